The van der Waals surface area contributed by atoms with Gasteiger partial charge in [0.15, 0.2) is 6.10 Å². The molecule has 0 aromatic carbocycles. The van der Waals surface area contributed by atoms with Gasteiger partial charge in [-0.15, -0.1) is 0 Å². The van der Waals surface area contributed by atoms with E-state index in [-0.39, 0.29) is 12.2 Å². The Morgan fingerprint density at radius 1 is 1.58 bits per heavy atom. The zero-order chi connectivity index (χ0) is 14.0. The van der Waals surface area contributed by atoms with E-state index in [4.69, 9.17) is 21.4 Å². The highest BCUT2D eigenvalue weighted by atomic mass is 35.5. The number of rotatable bonds is 4. The van der Waals surface area contributed by atoms with Crippen molar-refractivity contribution in [1.29, 1.82) is 0 Å². The lowest BCUT2D eigenvalue weighted by Gasteiger charge is -2.08. The minimum atomic E-state index is -1.07. The van der Waals surface area contributed by atoms with Crippen LogP contribution in [0.2, 0.25) is 5.02 Å². The monoisotopic (exact) mass is 282 g/mol. The van der Waals surface area contributed by atoms with Crippen molar-refractivity contribution in [2.75, 3.05) is 0 Å². The largest absolute Gasteiger partial charge is 0.479 e. The smallest absolute Gasteiger partial charge is 0.332 e. The molecule has 0 aliphatic rings. The maximum absolute atomic E-state index is 11.8. The highest BCUT2D eigenvalue weighted by Crippen LogP contribution is 2.09. The molecule has 1 unspecified atom stereocenters. The SMILES string of the molecule is CC(OCc1cc(=O)n2cc(Cl)ccc2n1)C(=O)O. The first-order valence-electron chi connectivity index (χ1n) is 5.49. The average Bonchev–Trinajstić information content (AvgIpc) is 2.36. The van der Waals surface area contributed by atoms with Crippen LogP contribution in [0.4, 0.5) is 0 Å². The first-order valence-corrected chi connectivity index (χ1v) is 5.87. The molecule has 0 radical (unpaired) electrons. The van der Waals surface area contributed by atoms with Crippen molar-refractivity contribution in [2.45, 2.75) is 19.6 Å². The van der Waals surface area contributed by atoms with Gasteiger partial charge in [-0.25, -0.2) is 9.78 Å². The number of halogens is 1. The molecule has 0 aliphatic heterocycles. The third-order valence-corrected chi connectivity index (χ3v) is 2.73. The van der Waals surface area contributed by atoms with Crippen molar-refractivity contribution in [3.63, 3.8) is 0 Å². The molecule has 1 atom stereocenters. The molecule has 0 bridgehead atoms. The van der Waals surface area contributed by atoms with Gasteiger partial charge >= 0.3 is 5.97 Å². The number of carboxylic acid groups (broad SMARTS) is 1. The summed E-state index contributed by atoms with van der Waals surface area (Å²) in [7, 11) is 0. The van der Waals surface area contributed by atoms with Crippen LogP contribution < -0.4 is 5.56 Å². The number of pyridine rings is 1. The Morgan fingerprint density at radius 2 is 2.32 bits per heavy atom. The molecular formula is C12H11ClN2O4. The van der Waals surface area contributed by atoms with Crippen molar-refractivity contribution in [3.8, 4) is 0 Å². The fourth-order valence-electron chi connectivity index (χ4n) is 1.48. The lowest BCUT2D eigenvalue weighted by atomic mass is 10.3. The predicted octanol–water partition coefficient (Wildman–Crippen LogP) is 1.34. The fourth-order valence-corrected chi connectivity index (χ4v) is 1.64. The van der Waals surface area contributed by atoms with Gasteiger partial charge < -0.3 is 9.84 Å². The van der Waals surface area contributed by atoms with E-state index in [2.05, 4.69) is 4.98 Å². The Balaban J connectivity index is 2.29. The molecule has 19 heavy (non-hydrogen) atoms. The number of carbonyl (C=O) groups is 1. The molecule has 2 heterocycles. The molecule has 0 fully saturated rings. The summed E-state index contributed by atoms with van der Waals surface area (Å²) in [5.41, 5.74) is 0.507. The summed E-state index contributed by atoms with van der Waals surface area (Å²) >= 11 is 5.79. The van der Waals surface area contributed by atoms with E-state index in [9.17, 15) is 9.59 Å². The topological polar surface area (TPSA) is 80.9 Å². The zero-order valence-corrected chi connectivity index (χ0v) is 10.8. The van der Waals surface area contributed by atoms with Crippen LogP contribution >= 0.6 is 11.6 Å². The predicted molar refractivity (Wildman–Crippen MR) is 68.4 cm³/mol. The first kappa shape index (κ1) is 13.5. The summed E-state index contributed by atoms with van der Waals surface area (Å²) in [4.78, 5) is 26.6. The lowest BCUT2D eigenvalue weighted by Crippen LogP contribution is -2.21. The van der Waals surface area contributed by atoms with Crippen LogP contribution in [0.3, 0.4) is 0 Å². The van der Waals surface area contributed by atoms with E-state index in [1.165, 1.54) is 23.6 Å². The number of ether oxygens (including phenoxy) is 1. The van der Waals surface area contributed by atoms with Crippen LogP contribution in [-0.4, -0.2) is 26.6 Å². The molecule has 6 nitrogen and oxygen atoms in total. The number of carboxylic acids is 1. The minimum absolute atomic E-state index is 0.0398. The van der Waals surface area contributed by atoms with Gasteiger partial charge in [0.2, 0.25) is 0 Å². The molecule has 0 aliphatic carbocycles. The molecule has 2 aromatic heterocycles. The molecule has 100 valence electrons. The van der Waals surface area contributed by atoms with Crippen LogP contribution in [0.1, 0.15) is 12.6 Å². The molecule has 7 heteroatoms. The molecule has 0 saturated heterocycles. The van der Waals surface area contributed by atoms with Gasteiger partial charge in [0.1, 0.15) is 5.65 Å². The number of hydrogen-bond donors (Lipinski definition) is 1. The maximum Gasteiger partial charge on any atom is 0.332 e. The number of fused-ring (bicyclic) bond motifs is 1. The Labute approximate surface area is 113 Å². The van der Waals surface area contributed by atoms with Crippen molar-refractivity contribution in [1.82, 2.24) is 9.38 Å². The number of hydrogen-bond acceptors (Lipinski definition) is 4. The van der Waals surface area contributed by atoms with Crippen molar-refractivity contribution < 1.29 is 14.6 Å². The van der Waals surface area contributed by atoms with Gasteiger partial charge in [-0.1, -0.05) is 11.6 Å². The normalized spacial score (nSPS) is 12.5. The van der Waals surface area contributed by atoms with Crippen LogP contribution in [0.5, 0.6) is 0 Å². The standard InChI is InChI=1S/C12H11ClN2O4/c1-7(12(17)18)19-6-9-4-11(16)15-5-8(13)2-3-10(15)14-9/h2-5,7H,6H2,1H3,(H,17,18). The Kier molecular flexibility index (Phi) is 3.82. The summed E-state index contributed by atoms with van der Waals surface area (Å²) in [5, 5.41) is 9.12. The molecular weight excluding hydrogens is 272 g/mol. The third-order valence-electron chi connectivity index (χ3n) is 2.51. The summed E-state index contributed by atoms with van der Waals surface area (Å²) < 4.78 is 6.39. The highest BCUT2D eigenvalue weighted by molar-refractivity contribution is 6.30. The Bertz CT molecular complexity index is 683. The first-order chi connectivity index (χ1) is 8.97. The van der Waals surface area contributed by atoms with Gasteiger partial charge in [0, 0.05) is 12.3 Å². The van der Waals surface area contributed by atoms with E-state index >= 15 is 0 Å². The highest BCUT2D eigenvalue weighted by Gasteiger charge is 2.12. The van der Waals surface area contributed by atoms with Crippen molar-refractivity contribution >= 4 is 23.2 Å². The average molecular weight is 283 g/mol. The summed E-state index contributed by atoms with van der Waals surface area (Å²) in [5.74, 6) is -1.07. The second-order valence-corrected chi connectivity index (χ2v) is 4.39. The van der Waals surface area contributed by atoms with Gasteiger partial charge in [-0.2, -0.15) is 0 Å². The van der Waals surface area contributed by atoms with E-state index < -0.39 is 12.1 Å². The van der Waals surface area contributed by atoms with Gasteiger partial charge in [-0.3, -0.25) is 9.20 Å². The summed E-state index contributed by atoms with van der Waals surface area (Å²) in [6.45, 7) is 1.37. The molecule has 0 amide bonds. The third kappa shape index (κ3) is 3.10. The van der Waals surface area contributed by atoms with Gasteiger partial charge in [-0.05, 0) is 19.1 Å². The maximum atomic E-state index is 11.8. The van der Waals surface area contributed by atoms with Crippen molar-refractivity contribution in [2.24, 2.45) is 0 Å². The van der Waals surface area contributed by atoms with Crippen LogP contribution in [0.15, 0.2) is 29.2 Å². The number of aromatic nitrogens is 2. The number of aliphatic carboxylic acids is 1. The lowest BCUT2D eigenvalue weighted by molar-refractivity contribution is -0.149. The van der Waals surface area contributed by atoms with E-state index in [1.54, 1.807) is 12.1 Å². The quantitative estimate of drug-likeness (QED) is 0.915. The van der Waals surface area contributed by atoms with Crippen LogP contribution in [-0.2, 0) is 16.1 Å². The number of nitrogens with zero attached hydrogens (tertiary/aromatic N) is 2. The van der Waals surface area contributed by atoms with Gasteiger partial charge in [0.05, 0.1) is 17.3 Å². The van der Waals surface area contributed by atoms with E-state index in [0.29, 0.717) is 16.4 Å². The molecule has 2 aromatic rings. The van der Waals surface area contributed by atoms with Crippen molar-refractivity contribution in [3.05, 3.63) is 45.5 Å². The van der Waals surface area contributed by atoms with Gasteiger partial charge in [0.25, 0.3) is 5.56 Å². The summed E-state index contributed by atoms with van der Waals surface area (Å²) in [6.07, 6.45) is 0.516. The fraction of sp³-hybridized carbons (Fsp3) is 0.250. The Hall–Kier alpha value is -1.92. The second kappa shape index (κ2) is 5.38. The summed E-state index contributed by atoms with van der Waals surface area (Å²) in [6, 6.07) is 4.51. The van der Waals surface area contributed by atoms with Crippen LogP contribution in [0.25, 0.3) is 5.65 Å². The van der Waals surface area contributed by atoms with E-state index in [0.717, 1.165) is 0 Å². The molecule has 0 saturated carbocycles. The Morgan fingerprint density at radius 3 is 3.00 bits per heavy atom. The zero-order valence-electron chi connectivity index (χ0n) is 10.0. The van der Waals surface area contributed by atoms with Crippen LogP contribution in [0, 0.1) is 0 Å². The van der Waals surface area contributed by atoms with E-state index in [1.807, 2.05) is 0 Å². The molecule has 0 spiro atoms. The molecule has 2 rings (SSSR count). The second-order valence-electron chi connectivity index (χ2n) is 3.95. The minimum Gasteiger partial charge on any atom is -0.479 e. The molecule has 1 N–H and O–H groups in total.